The Kier molecular flexibility index (Phi) is 8.51. The number of hydrogen-bond acceptors (Lipinski definition) is 8. The SMILES string of the molecule is CC[C@@H](C)c1nc2ccc(Br)cc2c(=O)n1N=Cc1cc(Br)cc([N+](=O)[O-])c1OCc1cccc([N+](=O)[O-])c1. The lowest BCUT2D eigenvalue weighted by Gasteiger charge is -2.14. The summed E-state index contributed by atoms with van der Waals surface area (Å²) >= 11 is 6.66. The number of nitro benzene ring substituents is 2. The van der Waals surface area contributed by atoms with Gasteiger partial charge in [0.15, 0.2) is 0 Å². The fraction of sp³-hybridized carbons (Fsp3) is 0.192. The average molecular weight is 659 g/mol. The van der Waals surface area contributed by atoms with Crippen LogP contribution in [0.1, 0.15) is 43.1 Å². The minimum atomic E-state index is -0.600. The highest BCUT2D eigenvalue weighted by Gasteiger charge is 2.22. The Morgan fingerprint density at radius 1 is 1.08 bits per heavy atom. The minimum Gasteiger partial charge on any atom is -0.481 e. The Morgan fingerprint density at radius 3 is 2.54 bits per heavy atom. The number of rotatable bonds is 9. The van der Waals surface area contributed by atoms with E-state index in [4.69, 9.17) is 4.74 Å². The summed E-state index contributed by atoms with van der Waals surface area (Å²) in [5.41, 5.74) is 0.337. The van der Waals surface area contributed by atoms with Gasteiger partial charge in [0.25, 0.3) is 11.2 Å². The highest BCUT2D eigenvalue weighted by Crippen LogP contribution is 2.35. The van der Waals surface area contributed by atoms with E-state index in [0.29, 0.717) is 37.7 Å². The van der Waals surface area contributed by atoms with Gasteiger partial charge in [-0.1, -0.05) is 57.8 Å². The van der Waals surface area contributed by atoms with Crippen LogP contribution in [0.25, 0.3) is 10.9 Å². The van der Waals surface area contributed by atoms with Gasteiger partial charge in [-0.3, -0.25) is 25.0 Å². The summed E-state index contributed by atoms with van der Waals surface area (Å²) in [5.74, 6) is 0.231. The second-order valence-electron chi connectivity index (χ2n) is 8.62. The summed E-state index contributed by atoms with van der Waals surface area (Å²) in [5, 5.41) is 27.8. The summed E-state index contributed by atoms with van der Waals surface area (Å²) in [4.78, 5) is 40.0. The van der Waals surface area contributed by atoms with Crippen molar-refractivity contribution in [2.24, 2.45) is 5.10 Å². The molecule has 11 nitrogen and oxygen atoms in total. The van der Waals surface area contributed by atoms with Crippen LogP contribution in [0.4, 0.5) is 11.4 Å². The molecular formula is C26H21Br2N5O6. The quantitative estimate of drug-likeness (QED) is 0.110. The minimum absolute atomic E-state index is 0.104. The third-order valence-electron chi connectivity index (χ3n) is 5.96. The molecule has 1 heterocycles. The summed E-state index contributed by atoms with van der Waals surface area (Å²) in [6.07, 6.45) is 2.00. The van der Waals surface area contributed by atoms with Crippen molar-refractivity contribution in [2.75, 3.05) is 0 Å². The van der Waals surface area contributed by atoms with E-state index < -0.39 is 15.4 Å². The van der Waals surface area contributed by atoms with Crippen LogP contribution in [0.2, 0.25) is 0 Å². The maximum Gasteiger partial charge on any atom is 0.312 e. The first-order valence-electron chi connectivity index (χ1n) is 11.7. The molecule has 1 aromatic heterocycles. The molecule has 0 saturated carbocycles. The predicted octanol–water partition coefficient (Wildman–Crippen LogP) is 6.71. The van der Waals surface area contributed by atoms with E-state index in [-0.39, 0.29) is 35.2 Å². The monoisotopic (exact) mass is 657 g/mol. The Hall–Kier alpha value is -3.97. The fourth-order valence-electron chi connectivity index (χ4n) is 3.80. The first-order valence-corrected chi connectivity index (χ1v) is 13.3. The molecule has 200 valence electrons. The molecule has 0 aliphatic rings. The third-order valence-corrected chi connectivity index (χ3v) is 6.91. The third kappa shape index (κ3) is 6.20. The van der Waals surface area contributed by atoms with Crippen LogP contribution < -0.4 is 10.3 Å². The molecule has 4 rings (SSSR count). The zero-order chi connectivity index (χ0) is 28.3. The van der Waals surface area contributed by atoms with Crippen molar-refractivity contribution in [1.82, 2.24) is 9.66 Å². The van der Waals surface area contributed by atoms with E-state index in [0.717, 1.165) is 0 Å². The van der Waals surface area contributed by atoms with Crippen LogP contribution in [0.15, 0.2) is 73.4 Å². The maximum absolute atomic E-state index is 13.5. The van der Waals surface area contributed by atoms with Gasteiger partial charge in [0.2, 0.25) is 5.75 Å². The highest BCUT2D eigenvalue weighted by molar-refractivity contribution is 9.10. The number of nitro groups is 2. The van der Waals surface area contributed by atoms with Gasteiger partial charge in [-0.05, 0) is 36.2 Å². The largest absolute Gasteiger partial charge is 0.481 e. The molecule has 3 aromatic carbocycles. The maximum atomic E-state index is 13.5. The molecule has 4 aromatic rings. The summed E-state index contributed by atoms with van der Waals surface area (Å²) < 4.78 is 8.12. The van der Waals surface area contributed by atoms with Crippen molar-refractivity contribution in [3.05, 3.63) is 111 Å². The van der Waals surface area contributed by atoms with E-state index in [1.807, 2.05) is 13.8 Å². The molecule has 0 fully saturated rings. The van der Waals surface area contributed by atoms with E-state index in [1.165, 1.54) is 35.2 Å². The standard InChI is InChI=1S/C26H21Br2N5O6/c1-3-15(2)25-30-22-8-7-18(27)11-21(22)26(34)31(25)29-13-17-10-19(28)12-23(33(37)38)24(17)39-14-16-5-4-6-20(9-16)32(35)36/h4-13,15H,3,14H2,1-2H3/t15-/m1/s1. The zero-order valence-corrected chi connectivity index (χ0v) is 23.9. The van der Waals surface area contributed by atoms with E-state index in [1.54, 1.807) is 30.3 Å². The van der Waals surface area contributed by atoms with E-state index >= 15 is 0 Å². The normalized spacial score (nSPS) is 12.1. The number of benzene rings is 3. The molecule has 0 bridgehead atoms. The van der Waals surface area contributed by atoms with Gasteiger partial charge < -0.3 is 4.74 Å². The van der Waals surface area contributed by atoms with Crippen molar-refractivity contribution in [1.29, 1.82) is 0 Å². The van der Waals surface area contributed by atoms with Gasteiger partial charge in [0.05, 0.1) is 27.0 Å². The van der Waals surface area contributed by atoms with Crippen LogP contribution >= 0.6 is 31.9 Å². The van der Waals surface area contributed by atoms with E-state index in [2.05, 4.69) is 41.9 Å². The van der Waals surface area contributed by atoms with Gasteiger partial charge in [0, 0.05) is 38.6 Å². The van der Waals surface area contributed by atoms with Gasteiger partial charge in [-0.25, -0.2) is 4.98 Å². The van der Waals surface area contributed by atoms with Gasteiger partial charge in [0.1, 0.15) is 12.4 Å². The molecule has 0 spiro atoms. The Labute approximate surface area is 238 Å². The molecular weight excluding hydrogens is 638 g/mol. The van der Waals surface area contributed by atoms with E-state index in [9.17, 15) is 25.0 Å². The number of fused-ring (bicyclic) bond motifs is 1. The first-order chi connectivity index (χ1) is 18.6. The van der Waals surface area contributed by atoms with Crippen molar-refractivity contribution < 1.29 is 14.6 Å². The lowest BCUT2D eigenvalue weighted by molar-refractivity contribution is -0.386. The number of non-ortho nitro benzene ring substituents is 1. The smallest absolute Gasteiger partial charge is 0.312 e. The average Bonchev–Trinajstić information content (AvgIpc) is 2.91. The number of halogens is 2. The molecule has 0 saturated heterocycles. The topological polar surface area (TPSA) is 143 Å². The molecule has 0 amide bonds. The second kappa shape index (κ2) is 11.8. The Morgan fingerprint density at radius 2 is 1.85 bits per heavy atom. The zero-order valence-electron chi connectivity index (χ0n) is 20.7. The van der Waals surface area contributed by atoms with Crippen molar-refractivity contribution in [3.63, 3.8) is 0 Å². The van der Waals surface area contributed by atoms with Crippen molar-refractivity contribution in [3.8, 4) is 5.75 Å². The van der Waals surface area contributed by atoms with Crippen LogP contribution in [-0.4, -0.2) is 25.7 Å². The molecule has 39 heavy (non-hydrogen) atoms. The Balaban J connectivity index is 1.82. The number of ether oxygens (including phenoxy) is 1. The molecule has 13 heteroatoms. The number of nitrogens with zero attached hydrogens (tertiary/aromatic N) is 5. The molecule has 0 radical (unpaired) electrons. The lowest BCUT2D eigenvalue weighted by Crippen LogP contribution is -2.23. The van der Waals surface area contributed by atoms with Gasteiger partial charge in [-0.15, -0.1) is 0 Å². The summed E-state index contributed by atoms with van der Waals surface area (Å²) in [7, 11) is 0. The number of hydrogen-bond donors (Lipinski definition) is 0. The van der Waals surface area contributed by atoms with Crippen LogP contribution in [0.5, 0.6) is 5.75 Å². The second-order valence-corrected chi connectivity index (χ2v) is 10.4. The number of aromatic nitrogens is 2. The fourth-order valence-corrected chi connectivity index (χ4v) is 4.63. The van der Waals surface area contributed by atoms with Crippen molar-refractivity contribution in [2.45, 2.75) is 32.8 Å². The molecule has 0 aliphatic heterocycles. The summed E-state index contributed by atoms with van der Waals surface area (Å²) in [6, 6.07) is 13.8. The Bertz CT molecular complexity index is 1690. The first kappa shape index (κ1) is 28.0. The molecule has 0 N–H and O–H groups in total. The van der Waals surface area contributed by atoms with Crippen LogP contribution in [0, 0.1) is 20.2 Å². The molecule has 0 aliphatic carbocycles. The molecule has 0 unspecified atom stereocenters. The molecule has 1 atom stereocenters. The van der Waals surface area contributed by atoms with Crippen LogP contribution in [-0.2, 0) is 6.61 Å². The highest BCUT2D eigenvalue weighted by atomic mass is 79.9. The van der Waals surface area contributed by atoms with Gasteiger partial charge >= 0.3 is 5.69 Å². The summed E-state index contributed by atoms with van der Waals surface area (Å²) in [6.45, 7) is 3.72. The predicted molar refractivity (Wildman–Crippen MR) is 154 cm³/mol. The van der Waals surface area contributed by atoms with Crippen LogP contribution in [0.3, 0.4) is 0 Å². The lowest BCUT2D eigenvalue weighted by atomic mass is 10.1. The van der Waals surface area contributed by atoms with Gasteiger partial charge in [-0.2, -0.15) is 9.78 Å². The van der Waals surface area contributed by atoms with Crippen molar-refractivity contribution >= 4 is 60.4 Å².